The first kappa shape index (κ1) is 26.0. The van der Waals surface area contributed by atoms with E-state index in [-0.39, 0.29) is 6.09 Å². The van der Waals surface area contributed by atoms with E-state index in [0.29, 0.717) is 49.8 Å². The Labute approximate surface area is 206 Å². The van der Waals surface area contributed by atoms with Crippen LogP contribution in [0.25, 0.3) is 0 Å². The second-order valence-electron chi connectivity index (χ2n) is 8.25. The van der Waals surface area contributed by atoms with Gasteiger partial charge in [-0.2, -0.15) is 4.99 Å². The van der Waals surface area contributed by atoms with Crippen molar-refractivity contribution in [3.63, 3.8) is 0 Å². The van der Waals surface area contributed by atoms with Crippen LogP contribution in [0.3, 0.4) is 0 Å². The molecule has 0 bridgehead atoms. The van der Waals surface area contributed by atoms with Crippen LogP contribution in [0, 0.1) is 13.8 Å². The van der Waals surface area contributed by atoms with Crippen LogP contribution in [0.15, 0.2) is 11.1 Å². The molecule has 12 heteroatoms. The first-order chi connectivity index (χ1) is 16.4. The minimum absolute atomic E-state index is 0.288. The molecule has 1 amide bonds. The van der Waals surface area contributed by atoms with Crippen LogP contribution < -0.4 is 10.6 Å². The molecule has 1 aromatic heterocycles. The van der Waals surface area contributed by atoms with Crippen molar-refractivity contribution in [1.29, 1.82) is 0 Å². The largest absolute Gasteiger partial charge is 0.450 e. The van der Waals surface area contributed by atoms with E-state index in [4.69, 9.17) is 21.7 Å². The quantitative estimate of drug-likeness (QED) is 0.261. The predicted octanol–water partition coefficient (Wildman–Crippen LogP) is 1.23. The molecule has 0 saturated carbocycles. The molecule has 0 spiro atoms. The van der Waals surface area contributed by atoms with Crippen molar-refractivity contribution in [2.45, 2.75) is 27.2 Å². The van der Waals surface area contributed by atoms with Gasteiger partial charge in [-0.1, -0.05) is 0 Å². The second kappa shape index (κ2) is 13.4. The number of thiocarbonyl (C=S) groups is 1. The highest BCUT2D eigenvalue weighted by Gasteiger charge is 2.25. The molecular formula is C22H36N8O3S. The predicted molar refractivity (Wildman–Crippen MR) is 135 cm³/mol. The number of aromatic nitrogens is 2. The lowest BCUT2D eigenvalue weighted by molar-refractivity contribution is 0.0376. The third-order valence-electron chi connectivity index (χ3n) is 5.55. The zero-order valence-corrected chi connectivity index (χ0v) is 21.2. The number of amides is 1. The normalized spacial score (nSPS) is 17.4. The first-order valence-corrected chi connectivity index (χ1v) is 12.3. The molecule has 2 fully saturated rings. The maximum atomic E-state index is 12.1. The lowest BCUT2D eigenvalue weighted by Gasteiger charge is -2.35. The van der Waals surface area contributed by atoms with Gasteiger partial charge < -0.3 is 24.6 Å². The summed E-state index contributed by atoms with van der Waals surface area (Å²) in [4.78, 5) is 31.8. The number of hydrogen-bond donors (Lipinski definition) is 2. The van der Waals surface area contributed by atoms with E-state index in [2.05, 4.69) is 35.4 Å². The standard InChI is InChI=1S/C22H36N8O3S/c1-4-33-22(31)30-10-8-29(9-11-30)20(26-19-24-17(2)16-18(3)25-19)27-21(34)23-6-5-7-28-12-14-32-15-13-28/h16H,4-15H2,1-3H3,(H2,23,24,25,26,27,34). The summed E-state index contributed by atoms with van der Waals surface area (Å²) in [5.74, 6) is 1.04. The van der Waals surface area contributed by atoms with Gasteiger partial charge in [-0.3, -0.25) is 10.2 Å². The van der Waals surface area contributed by atoms with Crippen molar-refractivity contribution in [2.75, 3.05) is 77.5 Å². The van der Waals surface area contributed by atoms with E-state index in [1.807, 2.05) is 26.8 Å². The third-order valence-corrected chi connectivity index (χ3v) is 5.79. The summed E-state index contributed by atoms with van der Waals surface area (Å²) in [6.45, 7) is 13.6. The summed E-state index contributed by atoms with van der Waals surface area (Å²) >= 11 is 5.51. The number of aryl methyl sites for hydroxylation is 2. The Morgan fingerprint density at radius 2 is 1.76 bits per heavy atom. The average Bonchev–Trinajstić information content (AvgIpc) is 2.82. The van der Waals surface area contributed by atoms with Crippen molar-refractivity contribution < 1.29 is 14.3 Å². The molecule has 34 heavy (non-hydrogen) atoms. The molecule has 0 unspecified atom stereocenters. The average molecular weight is 493 g/mol. The van der Waals surface area contributed by atoms with E-state index in [1.54, 1.807) is 4.90 Å². The molecule has 2 aliphatic heterocycles. The molecule has 2 N–H and O–H groups in total. The molecule has 188 valence electrons. The number of rotatable bonds is 6. The Hall–Kier alpha value is -2.57. The SMILES string of the molecule is CCOC(=O)N1CCN(/C(=N\C(=S)NCCCN2CCOCC2)Nc2nc(C)cc(C)n2)CC1. The van der Waals surface area contributed by atoms with Crippen molar-refractivity contribution in [2.24, 2.45) is 4.99 Å². The Morgan fingerprint density at radius 1 is 1.12 bits per heavy atom. The van der Waals surface area contributed by atoms with Crippen LogP contribution in [-0.4, -0.2) is 114 Å². The molecule has 1 aromatic rings. The molecule has 0 aromatic carbocycles. The minimum atomic E-state index is -0.288. The molecule has 0 aliphatic carbocycles. The highest BCUT2D eigenvalue weighted by atomic mass is 32.1. The summed E-state index contributed by atoms with van der Waals surface area (Å²) in [7, 11) is 0. The van der Waals surface area contributed by atoms with Gasteiger partial charge in [0, 0.05) is 57.2 Å². The van der Waals surface area contributed by atoms with Gasteiger partial charge in [-0.25, -0.2) is 14.8 Å². The van der Waals surface area contributed by atoms with Crippen LogP contribution in [0.5, 0.6) is 0 Å². The maximum absolute atomic E-state index is 12.1. The van der Waals surface area contributed by atoms with Gasteiger partial charge >= 0.3 is 6.09 Å². The number of morpholine rings is 1. The Kier molecular flexibility index (Phi) is 10.2. The first-order valence-electron chi connectivity index (χ1n) is 11.9. The van der Waals surface area contributed by atoms with E-state index in [9.17, 15) is 4.79 Å². The fourth-order valence-corrected chi connectivity index (χ4v) is 4.02. The molecule has 11 nitrogen and oxygen atoms in total. The van der Waals surface area contributed by atoms with Crippen molar-refractivity contribution in [1.82, 2.24) is 30.0 Å². The number of guanidine groups is 1. The monoisotopic (exact) mass is 492 g/mol. The van der Waals surface area contributed by atoms with Gasteiger partial charge in [-0.15, -0.1) is 0 Å². The fourth-order valence-electron chi connectivity index (χ4n) is 3.83. The number of nitrogens with zero attached hydrogens (tertiary/aromatic N) is 6. The van der Waals surface area contributed by atoms with Crippen LogP contribution >= 0.6 is 12.2 Å². The number of piperazine rings is 1. The summed E-state index contributed by atoms with van der Waals surface area (Å²) in [6.07, 6.45) is 0.681. The van der Waals surface area contributed by atoms with E-state index >= 15 is 0 Å². The van der Waals surface area contributed by atoms with Crippen LogP contribution in [0.2, 0.25) is 0 Å². The summed E-state index contributed by atoms with van der Waals surface area (Å²) in [6, 6.07) is 1.92. The molecule has 2 aliphatic rings. The van der Waals surface area contributed by atoms with Gasteiger partial charge in [0.1, 0.15) is 0 Å². The van der Waals surface area contributed by atoms with E-state index < -0.39 is 0 Å². The second-order valence-corrected chi connectivity index (χ2v) is 8.63. The number of aliphatic imine (C=N–C) groups is 1. The number of nitrogens with one attached hydrogen (secondary N) is 2. The van der Waals surface area contributed by atoms with Gasteiger partial charge in [0.25, 0.3) is 0 Å². The molecule has 2 saturated heterocycles. The lowest BCUT2D eigenvalue weighted by Crippen LogP contribution is -2.52. The van der Waals surface area contributed by atoms with Gasteiger partial charge in [0.05, 0.1) is 19.8 Å². The van der Waals surface area contributed by atoms with Crippen molar-refractivity contribution in [3.05, 3.63) is 17.5 Å². The number of anilines is 1. The third kappa shape index (κ3) is 8.33. The van der Waals surface area contributed by atoms with Crippen molar-refractivity contribution in [3.8, 4) is 0 Å². The molecule has 3 heterocycles. The highest BCUT2D eigenvalue weighted by molar-refractivity contribution is 7.80. The van der Waals surface area contributed by atoms with Crippen molar-refractivity contribution >= 4 is 35.3 Å². The van der Waals surface area contributed by atoms with Crippen LogP contribution in [0.4, 0.5) is 10.7 Å². The molecule has 0 atom stereocenters. The summed E-state index contributed by atoms with van der Waals surface area (Å²) in [5.41, 5.74) is 1.73. The Balaban J connectivity index is 1.60. The molecule has 0 radical (unpaired) electrons. The van der Waals surface area contributed by atoms with Crippen LogP contribution in [0.1, 0.15) is 24.7 Å². The van der Waals surface area contributed by atoms with E-state index in [1.165, 1.54) is 0 Å². The van der Waals surface area contributed by atoms with Crippen LogP contribution in [-0.2, 0) is 9.47 Å². The molecule has 3 rings (SSSR count). The number of carbonyl (C=O) groups excluding carboxylic acids is 1. The minimum Gasteiger partial charge on any atom is -0.450 e. The maximum Gasteiger partial charge on any atom is 0.409 e. The summed E-state index contributed by atoms with van der Waals surface area (Å²) in [5, 5.41) is 6.88. The number of ether oxygens (including phenoxy) is 2. The lowest BCUT2D eigenvalue weighted by atomic mass is 10.3. The Morgan fingerprint density at radius 3 is 2.41 bits per heavy atom. The zero-order chi connectivity index (χ0) is 24.3. The Bertz CT molecular complexity index is 834. The van der Waals surface area contributed by atoms with Gasteiger partial charge in [0.15, 0.2) is 5.11 Å². The van der Waals surface area contributed by atoms with E-state index in [0.717, 1.165) is 57.2 Å². The zero-order valence-electron chi connectivity index (χ0n) is 20.4. The topological polar surface area (TPSA) is 107 Å². The number of hydrogen-bond acceptors (Lipinski definition) is 7. The number of carbonyl (C=O) groups is 1. The fraction of sp³-hybridized carbons (Fsp3) is 0.682. The summed E-state index contributed by atoms with van der Waals surface area (Å²) < 4.78 is 10.5. The molecular weight excluding hydrogens is 456 g/mol. The smallest absolute Gasteiger partial charge is 0.409 e. The van der Waals surface area contributed by atoms with Gasteiger partial charge in [-0.05, 0) is 52.0 Å². The highest BCUT2D eigenvalue weighted by Crippen LogP contribution is 2.09. The van der Waals surface area contributed by atoms with Gasteiger partial charge in [0.2, 0.25) is 11.9 Å².